The third-order valence-corrected chi connectivity index (χ3v) is 2.58. The molecule has 0 bridgehead atoms. The molecule has 3 N–H and O–H groups in total. The van der Waals surface area contributed by atoms with Crippen molar-refractivity contribution in [3.8, 4) is 0 Å². The molecule has 5 heteroatoms. The predicted octanol–water partition coefficient (Wildman–Crippen LogP) is 0.829. The van der Waals surface area contributed by atoms with Gasteiger partial charge in [-0.25, -0.2) is 0 Å². The second-order valence-electron chi connectivity index (χ2n) is 4.62. The first-order valence-electron chi connectivity index (χ1n) is 6.22. The third-order valence-electron chi connectivity index (χ3n) is 2.58. The van der Waals surface area contributed by atoms with Gasteiger partial charge in [-0.05, 0) is 5.56 Å². The van der Waals surface area contributed by atoms with Crippen LogP contribution in [0, 0.1) is 5.92 Å². The molecule has 0 radical (unpaired) electrons. The van der Waals surface area contributed by atoms with Crippen molar-refractivity contribution in [2.75, 3.05) is 6.61 Å². The van der Waals surface area contributed by atoms with Crippen molar-refractivity contribution in [1.82, 2.24) is 5.32 Å². The molecule has 0 saturated heterocycles. The number of ether oxygens (including phenoxy) is 1. The average Bonchev–Trinajstić information content (AvgIpc) is 2.38. The van der Waals surface area contributed by atoms with E-state index in [0.717, 1.165) is 5.56 Å². The number of hydrogen-bond donors (Lipinski definition) is 2. The van der Waals surface area contributed by atoms with Crippen molar-refractivity contribution in [2.45, 2.75) is 26.5 Å². The van der Waals surface area contributed by atoms with Gasteiger partial charge in [-0.1, -0.05) is 44.2 Å². The number of carbonyl (C=O) groups excluding carboxylic acids is 2. The summed E-state index contributed by atoms with van der Waals surface area (Å²) in [6.07, 6.45) is 0. The van der Waals surface area contributed by atoms with Crippen molar-refractivity contribution in [3.63, 3.8) is 0 Å². The topological polar surface area (TPSA) is 81.4 Å². The number of hydrogen-bond acceptors (Lipinski definition) is 3. The van der Waals surface area contributed by atoms with E-state index in [1.807, 2.05) is 30.3 Å². The molecule has 0 aliphatic carbocycles. The van der Waals surface area contributed by atoms with Gasteiger partial charge < -0.3 is 15.8 Å². The van der Waals surface area contributed by atoms with Gasteiger partial charge in [0.25, 0.3) is 0 Å². The van der Waals surface area contributed by atoms with E-state index in [-0.39, 0.29) is 18.4 Å². The zero-order valence-electron chi connectivity index (χ0n) is 11.3. The maximum atomic E-state index is 11.5. The second kappa shape index (κ2) is 7.53. The van der Waals surface area contributed by atoms with Crippen LogP contribution in [0.2, 0.25) is 0 Å². The number of nitrogens with two attached hydrogens (primary N) is 1. The Balaban J connectivity index is 2.42. The Labute approximate surface area is 113 Å². The molecule has 2 amide bonds. The van der Waals surface area contributed by atoms with E-state index in [0.29, 0.717) is 6.61 Å². The van der Waals surface area contributed by atoms with Crippen LogP contribution in [0.5, 0.6) is 0 Å². The summed E-state index contributed by atoms with van der Waals surface area (Å²) in [7, 11) is 0. The lowest BCUT2D eigenvalue weighted by Crippen LogP contribution is -2.48. The molecule has 1 atom stereocenters. The van der Waals surface area contributed by atoms with Crippen molar-refractivity contribution >= 4 is 11.8 Å². The lowest BCUT2D eigenvalue weighted by atomic mass is 10.2. The molecular weight excluding hydrogens is 244 g/mol. The quantitative estimate of drug-likeness (QED) is 0.765. The van der Waals surface area contributed by atoms with E-state index in [2.05, 4.69) is 5.32 Å². The Kier molecular flexibility index (Phi) is 6.02. The predicted molar refractivity (Wildman–Crippen MR) is 72.1 cm³/mol. The van der Waals surface area contributed by atoms with Crippen LogP contribution in [-0.2, 0) is 20.9 Å². The van der Waals surface area contributed by atoms with E-state index in [1.54, 1.807) is 13.8 Å². The van der Waals surface area contributed by atoms with Gasteiger partial charge >= 0.3 is 0 Å². The van der Waals surface area contributed by atoms with Crippen LogP contribution in [0.25, 0.3) is 0 Å². The van der Waals surface area contributed by atoms with Gasteiger partial charge in [0, 0.05) is 5.92 Å². The minimum Gasteiger partial charge on any atom is -0.374 e. The van der Waals surface area contributed by atoms with E-state index >= 15 is 0 Å². The van der Waals surface area contributed by atoms with Crippen molar-refractivity contribution in [1.29, 1.82) is 0 Å². The van der Waals surface area contributed by atoms with Crippen LogP contribution in [0.3, 0.4) is 0 Å². The summed E-state index contributed by atoms with van der Waals surface area (Å²) < 4.78 is 5.41. The lowest BCUT2D eigenvalue weighted by Gasteiger charge is -2.17. The number of amides is 2. The zero-order chi connectivity index (χ0) is 14.3. The van der Waals surface area contributed by atoms with Crippen LogP contribution in [0.15, 0.2) is 30.3 Å². The smallest absolute Gasteiger partial charge is 0.242 e. The molecule has 1 aromatic carbocycles. The first kappa shape index (κ1) is 15.2. The Morgan fingerprint density at radius 2 is 1.89 bits per heavy atom. The molecule has 0 spiro atoms. The summed E-state index contributed by atoms with van der Waals surface area (Å²) in [4.78, 5) is 22.7. The second-order valence-corrected chi connectivity index (χ2v) is 4.62. The Morgan fingerprint density at radius 3 is 2.42 bits per heavy atom. The fourth-order valence-corrected chi connectivity index (χ4v) is 1.40. The van der Waals surface area contributed by atoms with Crippen molar-refractivity contribution < 1.29 is 14.3 Å². The SMILES string of the molecule is CC(C)C(=O)NC(COCc1ccccc1)C(N)=O. The molecule has 0 heterocycles. The van der Waals surface area contributed by atoms with Crippen molar-refractivity contribution in [3.05, 3.63) is 35.9 Å². The Bertz CT molecular complexity index is 418. The normalized spacial score (nSPS) is 12.2. The van der Waals surface area contributed by atoms with Crippen molar-refractivity contribution in [2.24, 2.45) is 11.7 Å². The highest BCUT2D eigenvalue weighted by molar-refractivity contribution is 5.87. The highest BCUT2D eigenvalue weighted by Crippen LogP contribution is 2.01. The molecule has 5 nitrogen and oxygen atoms in total. The van der Waals surface area contributed by atoms with Crippen LogP contribution < -0.4 is 11.1 Å². The van der Waals surface area contributed by atoms with Gasteiger partial charge in [-0.2, -0.15) is 0 Å². The molecular formula is C14H20N2O3. The molecule has 1 aromatic rings. The minimum absolute atomic E-state index is 0.0721. The van der Waals surface area contributed by atoms with E-state index in [4.69, 9.17) is 10.5 Å². The Hall–Kier alpha value is -1.88. The monoisotopic (exact) mass is 264 g/mol. The van der Waals surface area contributed by atoms with Gasteiger partial charge in [-0.15, -0.1) is 0 Å². The molecule has 1 rings (SSSR count). The van der Waals surface area contributed by atoms with Crippen LogP contribution in [-0.4, -0.2) is 24.5 Å². The van der Waals surface area contributed by atoms with E-state index < -0.39 is 11.9 Å². The number of carbonyl (C=O) groups is 2. The molecule has 0 saturated carbocycles. The van der Waals surface area contributed by atoms with Gasteiger partial charge in [0.05, 0.1) is 13.2 Å². The summed E-state index contributed by atoms with van der Waals surface area (Å²) in [6, 6.07) is 8.78. The molecule has 0 fully saturated rings. The standard InChI is InChI=1S/C14H20N2O3/c1-10(2)14(18)16-12(13(15)17)9-19-8-11-6-4-3-5-7-11/h3-7,10,12H,8-9H2,1-2H3,(H2,15,17)(H,16,18). The number of primary amides is 1. The summed E-state index contributed by atoms with van der Waals surface area (Å²) in [6.45, 7) is 3.95. The fraction of sp³-hybridized carbons (Fsp3) is 0.429. The molecule has 0 aliphatic heterocycles. The minimum atomic E-state index is -0.793. The average molecular weight is 264 g/mol. The fourth-order valence-electron chi connectivity index (χ4n) is 1.40. The van der Waals surface area contributed by atoms with E-state index in [9.17, 15) is 9.59 Å². The molecule has 104 valence electrons. The van der Waals surface area contributed by atoms with Gasteiger partial charge in [0.1, 0.15) is 6.04 Å². The molecule has 0 aliphatic rings. The maximum Gasteiger partial charge on any atom is 0.242 e. The van der Waals surface area contributed by atoms with Gasteiger partial charge in [0.15, 0.2) is 0 Å². The molecule has 19 heavy (non-hydrogen) atoms. The zero-order valence-corrected chi connectivity index (χ0v) is 11.3. The highest BCUT2D eigenvalue weighted by Gasteiger charge is 2.19. The summed E-state index contributed by atoms with van der Waals surface area (Å²) in [5, 5.41) is 2.56. The molecule has 0 aromatic heterocycles. The van der Waals surface area contributed by atoms with Gasteiger partial charge in [0.2, 0.25) is 11.8 Å². The summed E-state index contributed by atoms with van der Waals surface area (Å²) in [5.41, 5.74) is 6.23. The first-order chi connectivity index (χ1) is 9.00. The number of rotatable bonds is 7. The third kappa shape index (κ3) is 5.52. The van der Waals surface area contributed by atoms with Crippen LogP contribution >= 0.6 is 0 Å². The first-order valence-corrected chi connectivity index (χ1v) is 6.22. The summed E-state index contributed by atoms with van der Waals surface area (Å²) >= 11 is 0. The number of nitrogens with one attached hydrogen (secondary N) is 1. The lowest BCUT2D eigenvalue weighted by molar-refractivity contribution is -0.130. The highest BCUT2D eigenvalue weighted by atomic mass is 16.5. The molecule has 1 unspecified atom stereocenters. The van der Waals surface area contributed by atoms with Crippen LogP contribution in [0.1, 0.15) is 19.4 Å². The number of benzene rings is 1. The Morgan fingerprint density at radius 1 is 1.26 bits per heavy atom. The summed E-state index contributed by atoms with van der Waals surface area (Å²) in [5.74, 6) is -1.01. The van der Waals surface area contributed by atoms with E-state index in [1.165, 1.54) is 0 Å². The largest absolute Gasteiger partial charge is 0.374 e. The van der Waals surface area contributed by atoms with Gasteiger partial charge in [-0.3, -0.25) is 9.59 Å². The maximum absolute atomic E-state index is 11.5. The van der Waals surface area contributed by atoms with Crippen LogP contribution in [0.4, 0.5) is 0 Å².